The van der Waals surface area contributed by atoms with Gasteiger partial charge >= 0.3 is 0 Å². The number of aryl methyl sites for hydroxylation is 1. The standard InChI is InChI=1S/C18H26S/c1-5-16(7-6-15(4)14(2)3)8-9-17-10-12-18(19)13-11-17/h10-13,16,19H,2,4-9H2,1,3H3. The Bertz CT molecular complexity index is 414. The van der Waals surface area contributed by atoms with E-state index in [1.165, 1.54) is 30.4 Å². The molecule has 0 amide bonds. The van der Waals surface area contributed by atoms with Gasteiger partial charge in [-0.05, 0) is 56.2 Å². The molecule has 0 radical (unpaired) electrons. The molecule has 0 N–H and O–H groups in total. The van der Waals surface area contributed by atoms with Crippen molar-refractivity contribution < 1.29 is 0 Å². The van der Waals surface area contributed by atoms with Gasteiger partial charge in [0.05, 0.1) is 0 Å². The van der Waals surface area contributed by atoms with Crippen LogP contribution in [0.25, 0.3) is 0 Å². The van der Waals surface area contributed by atoms with Crippen molar-refractivity contribution in [2.45, 2.75) is 50.8 Å². The van der Waals surface area contributed by atoms with Crippen LogP contribution in [0.15, 0.2) is 53.5 Å². The van der Waals surface area contributed by atoms with E-state index in [1.807, 2.05) is 6.92 Å². The van der Waals surface area contributed by atoms with Crippen molar-refractivity contribution in [3.05, 3.63) is 54.1 Å². The second-order valence-corrected chi connectivity index (χ2v) is 5.92. The molecule has 0 saturated heterocycles. The SMILES string of the molecule is C=C(C)C(=C)CCC(CC)CCc1ccc(S)cc1. The van der Waals surface area contributed by atoms with E-state index < -0.39 is 0 Å². The summed E-state index contributed by atoms with van der Waals surface area (Å²) in [4.78, 5) is 1.04. The van der Waals surface area contributed by atoms with E-state index >= 15 is 0 Å². The molecule has 0 aliphatic heterocycles. The van der Waals surface area contributed by atoms with Crippen LogP contribution in [0.1, 0.15) is 45.1 Å². The van der Waals surface area contributed by atoms with Gasteiger partial charge in [0.25, 0.3) is 0 Å². The van der Waals surface area contributed by atoms with Crippen LogP contribution in [0.3, 0.4) is 0 Å². The summed E-state index contributed by atoms with van der Waals surface area (Å²) >= 11 is 4.32. The van der Waals surface area contributed by atoms with Crippen molar-refractivity contribution in [2.24, 2.45) is 5.92 Å². The van der Waals surface area contributed by atoms with E-state index in [9.17, 15) is 0 Å². The third kappa shape index (κ3) is 6.15. The molecule has 1 unspecified atom stereocenters. The summed E-state index contributed by atoms with van der Waals surface area (Å²) in [7, 11) is 0. The average Bonchev–Trinajstić information content (AvgIpc) is 2.40. The molecule has 1 aromatic carbocycles. The number of hydrogen-bond donors (Lipinski definition) is 1. The summed E-state index contributed by atoms with van der Waals surface area (Å²) < 4.78 is 0. The van der Waals surface area contributed by atoms with E-state index in [1.54, 1.807) is 0 Å². The summed E-state index contributed by atoms with van der Waals surface area (Å²) in [5.41, 5.74) is 3.74. The Labute approximate surface area is 124 Å². The minimum atomic E-state index is 0.784. The van der Waals surface area contributed by atoms with Gasteiger partial charge in [-0.25, -0.2) is 0 Å². The molecule has 0 aliphatic carbocycles. The van der Waals surface area contributed by atoms with Gasteiger partial charge < -0.3 is 0 Å². The molecular weight excluding hydrogens is 248 g/mol. The lowest BCUT2D eigenvalue weighted by Gasteiger charge is -2.15. The van der Waals surface area contributed by atoms with E-state index in [-0.39, 0.29) is 0 Å². The summed E-state index contributed by atoms with van der Waals surface area (Å²) in [5, 5.41) is 0. The normalized spacial score (nSPS) is 12.2. The second-order valence-electron chi connectivity index (χ2n) is 5.40. The van der Waals surface area contributed by atoms with E-state index in [0.29, 0.717) is 0 Å². The fourth-order valence-corrected chi connectivity index (χ4v) is 2.33. The summed E-state index contributed by atoms with van der Waals surface area (Å²) in [6.07, 6.45) is 5.97. The second kappa shape index (κ2) is 8.27. The van der Waals surface area contributed by atoms with Crippen LogP contribution in [0.2, 0.25) is 0 Å². The highest BCUT2D eigenvalue weighted by atomic mass is 32.1. The quantitative estimate of drug-likeness (QED) is 0.446. The van der Waals surface area contributed by atoms with Gasteiger partial charge in [0, 0.05) is 4.90 Å². The van der Waals surface area contributed by atoms with Crippen LogP contribution in [-0.4, -0.2) is 0 Å². The third-order valence-electron chi connectivity index (χ3n) is 3.81. The minimum Gasteiger partial charge on any atom is -0.143 e. The van der Waals surface area contributed by atoms with Crippen molar-refractivity contribution in [3.63, 3.8) is 0 Å². The Morgan fingerprint density at radius 2 is 1.79 bits per heavy atom. The average molecular weight is 274 g/mol. The zero-order valence-electron chi connectivity index (χ0n) is 12.3. The molecular formula is C18H26S. The highest BCUT2D eigenvalue weighted by molar-refractivity contribution is 7.80. The molecule has 1 rings (SSSR count). The predicted molar refractivity (Wildman–Crippen MR) is 89.0 cm³/mol. The lowest BCUT2D eigenvalue weighted by atomic mass is 9.90. The minimum absolute atomic E-state index is 0.784. The summed E-state index contributed by atoms with van der Waals surface area (Å²) in [5.74, 6) is 0.784. The number of benzene rings is 1. The smallest absolute Gasteiger partial charge is 0.00401 e. The maximum atomic E-state index is 4.32. The Morgan fingerprint density at radius 1 is 1.16 bits per heavy atom. The number of allylic oxidation sites excluding steroid dienone is 2. The van der Waals surface area contributed by atoms with E-state index in [0.717, 1.165) is 29.2 Å². The first-order valence-corrected chi connectivity index (χ1v) is 7.59. The first kappa shape index (κ1) is 16.1. The highest BCUT2D eigenvalue weighted by Crippen LogP contribution is 2.22. The number of rotatable bonds is 8. The molecule has 0 spiro atoms. The molecule has 0 bridgehead atoms. The molecule has 1 atom stereocenters. The van der Waals surface area contributed by atoms with E-state index in [4.69, 9.17) is 0 Å². The van der Waals surface area contributed by atoms with Gasteiger partial charge in [-0.1, -0.05) is 49.8 Å². The molecule has 0 aliphatic rings. The van der Waals surface area contributed by atoms with Gasteiger partial charge in [0.1, 0.15) is 0 Å². The largest absolute Gasteiger partial charge is 0.143 e. The zero-order valence-corrected chi connectivity index (χ0v) is 13.2. The number of thiol groups is 1. The zero-order chi connectivity index (χ0) is 14.3. The Balaban J connectivity index is 2.38. The fraction of sp³-hybridized carbons (Fsp3) is 0.444. The van der Waals surface area contributed by atoms with Crippen LogP contribution in [0.4, 0.5) is 0 Å². The van der Waals surface area contributed by atoms with Crippen molar-refractivity contribution >= 4 is 12.6 Å². The topological polar surface area (TPSA) is 0 Å². The monoisotopic (exact) mass is 274 g/mol. The fourth-order valence-electron chi connectivity index (χ4n) is 2.18. The molecule has 0 nitrogen and oxygen atoms in total. The van der Waals surface area contributed by atoms with Crippen LogP contribution in [-0.2, 0) is 6.42 Å². The van der Waals surface area contributed by atoms with Crippen LogP contribution >= 0.6 is 12.6 Å². The van der Waals surface area contributed by atoms with Gasteiger partial charge in [0.2, 0.25) is 0 Å². The predicted octanol–water partition coefficient (Wildman–Crippen LogP) is 5.85. The van der Waals surface area contributed by atoms with Crippen molar-refractivity contribution in [1.29, 1.82) is 0 Å². The van der Waals surface area contributed by atoms with Gasteiger partial charge in [-0.15, -0.1) is 12.6 Å². The lowest BCUT2D eigenvalue weighted by molar-refractivity contribution is 0.438. The molecule has 0 heterocycles. The molecule has 0 saturated carbocycles. The van der Waals surface area contributed by atoms with Crippen molar-refractivity contribution in [2.75, 3.05) is 0 Å². The Hall–Kier alpha value is -0.950. The summed E-state index contributed by atoms with van der Waals surface area (Å²) in [6, 6.07) is 8.51. The van der Waals surface area contributed by atoms with E-state index in [2.05, 4.69) is 57.0 Å². The highest BCUT2D eigenvalue weighted by Gasteiger charge is 2.08. The van der Waals surface area contributed by atoms with Gasteiger partial charge in [0.15, 0.2) is 0 Å². The maximum Gasteiger partial charge on any atom is 0.00401 e. The Morgan fingerprint density at radius 3 is 2.32 bits per heavy atom. The third-order valence-corrected chi connectivity index (χ3v) is 4.11. The molecule has 19 heavy (non-hydrogen) atoms. The molecule has 0 fully saturated rings. The Kier molecular flexibility index (Phi) is 7.01. The molecule has 1 heteroatoms. The van der Waals surface area contributed by atoms with Crippen molar-refractivity contribution in [1.82, 2.24) is 0 Å². The molecule has 0 aromatic heterocycles. The maximum absolute atomic E-state index is 4.32. The first-order valence-electron chi connectivity index (χ1n) is 7.14. The van der Waals surface area contributed by atoms with Gasteiger partial charge in [-0.2, -0.15) is 0 Å². The lowest BCUT2D eigenvalue weighted by Crippen LogP contribution is -2.02. The summed E-state index contributed by atoms with van der Waals surface area (Å²) in [6.45, 7) is 12.4. The first-order chi connectivity index (χ1) is 9.02. The van der Waals surface area contributed by atoms with Crippen LogP contribution in [0, 0.1) is 5.92 Å². The van der Waals surface area contributed by atoms with Crippen LogP contribution in [0.5, 0.6) is 0 Å². The number of hydrogen-bond acceptors (Lipinski definition) is 1. The van der Waals surface area contributed by atoms with Crippen LogP contribution < -0.4 is 0 Å². The molecule has 104 valence electrons. The molecule has 1 aromatic rings. The van der Waals surface area contributed by atoms with Gasteiger partial charge in [-0.3, -0.25) is 0 Å². The van der Waals surface area contributed by atoms with Crippen molar-refractivity contribution in [3.8, 4) is 0 Å².